The number of ether oxygens (including phenoxy) is 1. The molecule has 11 nitrogen and oxygen atoms in total. The minimum Gasteiger partial charge on any atom is -0.479 e. The maximum absolute atomic E-state index is 13.5. The summed E-state index contributed by atoms with van der Waals surface area (Å²) >= 11 is 0. The molecule has 194 valence electrons. The average Bonchev–Trinajstić information content (AvgIpc) is 2.85. The predicted octanol–water partition coefficient (Wildman–Crippen LogP) is 3.75. The van der Waals surface area contributed by atoms with Gasteiger partial charge in [0.25, 0.3) is 0 Å². The lowest BCUT2D eigenvalue weighted by atomic mass is 9.89. The molecule has 12 heteroatoms. The van der Waals surface area contributed by atoms with Crippen LogP contribution < -0.4 is 16.8 Å². The van der Waals surface area contributed by atoms with Crippen molar-refractivity contribution in [2.24, 2.45) is 22.4 Å². The standard InChI is InChI=1S/C24H31N4O7P/c25-23(26)27-19-13-7-12-18(14-19)20(22(29)30)35-36(32,33)21(17-10-5-2-6-11-17)28-24(31)34-15-16-8-3-1-4-9-16/h1,3-4,7-9,12-14,17,20-21H,2,5-6,10-11,15H2,(H,28,31)(H,29,30)(H,32,33)(H4,25,26,27)/t20-,21+/m0/s1. The molecule has 1 fully saturated rings. The van der Waals surface area contributed by atoms with Gasteiger partial charge in [-0.3, -0.25) is 9.09 Å². The molecule has 0 aliphatic heterocycles. The molecule has 1 amide bonds. The first-order valence-electron chi connectivity index (χ1n) is 11.6. The number of nitrogens with zero attached hydrogens (tertiary/aromatic N) is 1. The molecule has 0 bridgehead atoms. The molecule has 1 unspecified atom stereocenters. The monoisotopic (exact) mass is 518 g/mol. The number of carboxylic acid groups (broad SMARTS) is 1. The molecule has 2 aromatic rings. The number of aliphatic carboxylic acids is 1. The lowest BCUT2D eigenvalue weighted by Gasteiger charge is -2.33. The number of hydrogen-bond donors (Lipinski definition) is 5. The third kappa shape index (κ3) is 7.81. The summed E-state index contributed by atoms with van der Waals surface area (Å²) in [6.45, 7) is -0.0318. The van der Waals surface area contributed by atoms with Gasteiger partial charge >= 0.3 is 19.7 Å². The molecule has 2 aromatic carbocycles. The minimum atomic E-state index is -4.72. The Kier molecular flexibility index (Phi) is 9.46. The Hall–Kier alpha value is -3.40. The van der Waals surface area contributed by atoms with Crippen LogP contribution in [0.25, 0.3) is 0 Å². The van der Waals surface area contributed by atoms with E-state index in [0.717, 1.165) is 24.8 Å². The third-order valence-corrected chi connectivity index (χ3v) is 7.60. The number of hydrogen-bond acceptors (Lipinski definition) is 6. The fraction of sp³-hybridized carbons (Fsp3) is 0.375. The summed E-state index contributed by atoms with van der Waals surface area (Å²) < 4.78 is 24.1. The van der Waals surface area contributed by atoms with Crippen molar-refractivity contribution >= 4 is 31.3 Å². The molecular formula is C24H31N4O7P. The molecule has 0 aromatic heterocycles. The average molecular weight is 519 g/mol. The van der Waals surface area contributed by atoms with E-state index in [-0.39, 0.29) is 29.7 Å². The van der Waals surface area contributed by atoms with Gasteiger partial charge in [-0.05, 0) is 42.0 Å². The van der Waals surface area contributed by atoms with Gasteiger partial charge in [-0.2, -0.15) is 0 Å². The maximum atomic E-state index is 13.5. The molecule has 1 aliphatic rings. The van der Waals surface area contributed by atoms with Crippen molar-refractivity contribution in [3.8, 4) is 0 Å². The van der Waals surface area contributed by atoms with Crippen LogP contribution in [0.4, 0.5) is 10.5 Å². The first-order valence-corrected chi connectivity index (χ1v) is 13.2. The van der Waals surface area contributed by atoms with Crippen molar-refractivity contribution in [2.45, 2.75) is 50.6 Å². The number of aliphatic imine (C=N–C) groups is 1. The van der Waals surface area contributed by atoms with E-state index in [1.807, 2.05) is 6.07 Å². The third-order valence-electron chi connectivity index (χ3n) is 5.84. The van der Waals surface area contributed by atoms with Crippen molar-refractivity contribution in [3.63, 3.8) is 0 Å². The SMILES string of the molecule is NC(N)=Nc1cccc([C@H](OP(=O)(O)[C@@H](NC(=O)OCc2ccccc2)C2CCCCC2)C(=O)O)c1. The van der Waals surface area contributed by atoms with Gasteiger partial charge in [0, 0.05) is 0 Å². The van der Waals surface area contributed by atoms with Crippen LogP contribution in [-0.4, -0.2) is 33.8 Å². The van der Waals surface area contributed by atoms with Gasteiger partial charge in [0.05, 0.1) is 5.69 Å². The number of carbonyl (C=O) groups is 2. The summed E-state index contributed by atoms with van der Waals surface area (Å²) in [4.78, 5) is 39.5. The van der Waals surface area contributed by atoms with E-state index in [2.05, 4.69) is 10.3 Å². The van der Waals surface area contributed by atoms with Crippen molar-refractivity contribution < 1.29 is 33.4 Å². The zero-order valence-corrected chi connectivity index (χ0v) is 20.6. The highest BCUT2D eigenvalue weighted by molar-refractivity contribution is 7.53. The highest BCUT2D eigenvalue weighted by Crippen LogP contribution is 2.55. The van der Waals surface area contributed by atoms with Gasteiger partial charge in [0.2, 0.25) is 0 Å². The lowest BCUT2D eigenvalue weighted by Crippen LogP contribution is -2.42. The summed E-state index contributed by atoms with van der Waals surface area (Å²) in [5.41, 5.74) is 11.8. The Bertz CT molecular complexity index is 1120. The van der Waals surface area contributed by atoms with E-state index in [9.17, 15) is 24.2 Å². The van der Waals surface area contributed by atoms with Crippen LogP contribution in [0.2, 0.25) is 0 Å². The predicted molar refractivity (Wildman–Crippen MR) is 133 cm³/mol. The highest BCUT2D eigenvalue weighted by atomic mass is 31.2. The molecule has 1 saturated carbocycles. The largest absolute Gasteiger partial charge is 0.479 e. The molecule has 0 radical (unpaired) electrons. The fourth-order valence-electron chi connectivity index (χ4n) is 4.17. The number of carbonyl (C=O) groups excluding carboxylic acids is 1. The number of alkyl carbamates (subject to hydrolysis) is 1. The normalized spacial score (nSPS) is 17.2. The highest BCUT2D eigenvalue weighted by Gasteiger charge is 2.44. The second-order valence-electron chi connectivity index (χ2n) is 8.57. The van der Waals surface area contributed by atoms with E-state index in [4.69, 9.17) is 20.7 Å². The zero-order chi connectivity index (χ0) is 26.1. The van der Waals surface area contributed by atoms with Gasteiger partial charge < -0.3 is 31.5 Å². The zero-order valence-electron chi connectivity index (χ0n) is 19.7. The lowest BCUT2D eigenvalue weighted by molar-refractivity contribution is -0.145. The molecule has 7 N–H and O–H groups in total. The van der Waals surface area contributed by atoms with E-state index in [1.165, 1.54) is 24.3 Å². The Morgan fingerprint density at radius 3 is 2.42 bits per heavy atom. The van der Waals surface area contributed by atoms with E-state index in [0.29, 0.717) is 12.8 Å². The molecule has 3 atom stereocenters. The summed E-state index contributed by atoms with van der Waals surface area (Å²) in [5, 5.41) is 12.3. The van der Waals surface area contributed by atoms with Gasteiger partial charge in [-0.25, -0.2) is 14.6 Å². The summed E-state index contributed by atoms with van der Waals surface area (Å²) in [5.74, 6) is -3.45. The van der Waals surface area contributed by atoms with Crippen molar-refractivity contribution in [2.75, 3.05) is 0 Å². The van der Waals surface area contributed by atoms with Crippen LogP contribution in [0.5, 0.6) is 0 Å². The number of nitrogens with one attached hydrogen (secondary N) is 1. The first kappa shape index (κ1) is 27.2. The Morgan fingerprint density at radius 1 is 1.08 bits per heavy atom. The summed E-state index contributed by atoms with van der Waals surface area (Å²) in [6, 6.07) is 14.8. The van der Waals surface area contributed by atoms with Gasteiger partial charge in [0.15, 0.2) is 12.1 Å². The van der Waals surface area contributed by atoms with E-state index in [1.54, 1.807) is 24.3 Å². The molecule has 0 spiro atoms. The van der Waals surface area contributed by atoms with Crippen molar-refractivity contribution in [1.82, 2.24) is 5.32 Å². The van der Waals surface area contributed by atoms with Crippen LogP contribution in [0.3, 0.4) is 0 Å². The van der Waals surface area contributed by atoms with Crippen LogP contribution in [-0.2, 0) is 25.2 Å². The summed E-state index contributed by atoms with van der Waals surface area (Å²) in [6.07, 6.45) is 1.05. The molecule has 0 saturated heterocycles. The van der Waals surface area contributed by atoms with Crippen LogP contribution in [0.15, 0.2) is 59.6 Å². The van der Waals surface area contributed by atoms with Crippen LogP contribution in [0, 0.1) is 5.92 Å². The molecule has 3 rings (SSSR count). The molecule has 36 heavy (non-hydrogen) atoms. The molecule has 1 aliphatic carbocycles. The fourth-order valence-corrected chi connectivity index (χ4v) is 5.92. The second-order valence-corrected chi connectivity index (χ2v) is 10.5. The number of guanidine groups is 1. The minimum absolute atomic E-state index is 0.0318. The molecular weight excluding hydrogens is 487 g/mol. The first-order chi connectivity index (χ1) is 17.2. The van der Waals surface area contributed by atoms with E-state index < -0.39 is 31.5 Å². The Labute approximate surface area is 209 Å². The number of nitrogens with two attached hydrogens (primary N) is 2. The smallest absolute Gasteiger partial charge is 0.408 e. The van der Waals surface area contributed by atoms with Crippen molar-refractivity contribution in [1.29, 1.82) is 0 Å². The van der Waals surface area contributed by atoms with Gasteiger partial charge in [-0.15, -0.1) is 0 Å². The Balaban J connectivity index is 1.81. The topological polar surface area (TPSA) is 187 Å². The van der Waals surface area contributed by atoms with Crippen LogP contribution in [0.1, 0.15) is 49.3 Å². The second kappa shape index (κ2) is 12.5. The van der Waals surface area contributed by atoms with Crippen molar-refractivity contribution in [3.05, 3.63) is 65.7 Å². The number of benzene rings is 2. The number of rotatable bonds is 10. The van der Waals surface area contributed by atoms with Crippen LogP contribution >= 0.6 is 7.60 Å². The summed E-state index contributed by atoms with van der Waals surface area (Å²) in [7, 11) is -4.72. The molecule has 0 heterocycles. The van der Waals surface area contributed by atoms with E-state index >= 15 is 0 Å². The number of carboxylic acids is 1. The Morgan fingerprint density at radius 2 is 1.78 bits per heavy atom. The quantitative estimate of drug-likeness (QED) is 0.177. The number of amides is 1. The maximum Gasteiger partial charge on any atom is 0.408 e. The van der Waals surface area contributed by atoms with Gasteiger partial charge in [0.1, 0.15) is 12.4 Å². The van der Waals surface area contributed by atoms with Gasteiger partial charge in [-0.1, -0.05) is 61.7 Å².